The minimum atomic E-state index is -0.212. The largest absolute Gasteiger partial charge is 0.494 e. The first-order chi connectivity index (χ1) is 8.10. The Morgan fingerprint density at radius 3 is 2.76 bits per heavy atom. The summed E-state index contributed by atoms with van der Waals surface area (Å²) in [6.45, 7) is 4.47. The van der Waals surface area contributed by atoms with Gasteiger partial charge in [0.05, 0.1) is 12.7 Å². The third-order valence-corrected chi connectivity index (χ3v) is 2.45. The van der Waals surface area contributed by atoms with Gasteiger partial charge in [0.2, 0.25) is 5.91 Å². The van der Waals surface area contributed by atoms with Gasteiger partial charge >= 0.3 is 0 Å². The Morgan fingerprint density at radius 1 is 1.53 bits per heavy atom. The summed E-state index contributed by atoms with van der Waals surface area (Å²) >= 11 is 0. The molecule has 0 aliphatic carbocycles. The van der Waals surface area contributed by atoms with E-state index in [1.54, 1.807) is 7.05 Å². The summed E-state index contributed by atoms with van der Waals surface area (Å²) in [5, 5.41) is 8.48. The van der Waals surface area contributed by atoms with Gasteiger partial charge in [-0.1, -0.05) is 0 Å². The van der Waals surface area contributed by atoms with Crippen molar-refractivity contribution in [1.82, 2.24) is 0 Å². The van der Waals surface area contributed by atoms with Gasteiger partial charge in [-0.3, -0.25) is 4.79 Å². The van der Waals surface area contributed by atoms with Crippen LogP contribution in [0.15, 0.2) is 18.2 Å². The number of carbonyl (C=O) groups excluding carboxylic acids is 1. The van der Waals surface area contributed by atoms with E-state index in [4.69, 9.17) is 10.00 Å². The zero-order chi connectivity index (χ0) is 12.8. The fourth-order valence-corrected chi connectivity index (χ4v) is 1.49. The second-order valence-corrected chi connectivity index (χ2v) is 3.67. The summed E-state index contributed by atoms with van der Waals surface area (Å²) in [5.41, 5.74) is 1.74. The van der Waals surface area contributed by atoms with Crippen molar-refractivity contribution in [2.75, 3.05) is 18.6 Å². The molecule has 1 aromatic rings. The van der Waals surface area contributed by atoms with E-state index in [1.165, 1.54) is 4.90 Å². The first-order valence-corrected chi connectivity index (χ1v) is 5.47. The van der Waals surface area contributed by atoms with E-state index in [2.05, 4.69) is 0 Å². The number of anilines is 1. The molecular formula is C13H16N2O2. The van der Waals surface area contributed by atoms with Gasteiger partial charge in [-0.25, -0.2) is 0 Å². The fraction of sp³-hybridized carbons (Fsp3) is 0.385. The predicted molar refractivity (Wildman–Crippen MR) is 66.0 cm³/mol. The van der Waals surface area contributed by atoms with Crippen LogP contribution in [0.3, 0.4) is 0 Å². The molecule has 0 atom stereocenters. The molecule has 1 aromatic carbocycles. The predicted octanol–water partition coefficient (Wildman–Crippen LogP) is 2.27. The third-order valence-electron chi connectivity index (χ3n) is 2.45. The van der Waals surface area contributed by atoms with Crippen LogP contribution < -0.4 is 9.64 Å². The van der Waals surface area contributed by atoms with Gasteiger partial charge in [0, 0.05) is 12.7 Å². The molecule has 0 aliphatic heterocycles. The van der Waals surface area contributed by atoms with Crippen molar-refractivity contribution in [2.24, 2.45) is 0 Å². The molecule has 90 valence electrons. The summed E-state index contributed by atoms with van der Waals surface area (Å²) in [6.07, 6.45) is -0.108. The van der Waals surface area contributed by atoms with Crippen LogP contribution in [0.2, 0.25) is 0 Å². The Bertz CT molecular complexity index is 449. The Labute approximate surface area is 101 Å². The van der Waals surface area contributed by atoms with Crippen molar-refractivity contribution < 1.29 is 9.53 Å². The average Bonchev–Trinajstić information content (AvgIpc) is 2.31. The number of nitriles is 1. The van der Waals surface area contributed by atoms with E-state index in [0.29, 0.717) is 6.61 Å². The SMILES string of the molecule is CCOc1ccc(N(C)C(=O)CC#N)cc1C. The Morgan fingerprint density at radius 2 is 2.24 bits per heavy atom. The maximum Gasteiger partial charge on any atom is 0.240 e. The molecule has 4 heteroatoms. The van der Waals surface area contributed by atoms with Crippen molar-refractivity contribution in [1.29, 1.82) is 5.26 Å². The van der Waals surface area contributed by atoms with Crippen molar-refractivity contribution in [3.05, 3.63) is 23.8 Å². The molecule has 0 saturated carbocycles. The number of aryl methyl sites for hydroxylation is 1. The van der Waals surface area contributed by atoms with Gasteiger partial charge in [0.1, 0.15) is 12.2 Å². The normalized spacial score (nSPS) is 9.53. The van der Waals surface area contributed by atoms with Crippen LogP contribution in [-0.2, 0) is 4.79 Å². The second-order valence-electron chi connectivity index (χ2n) is 3.67. The summed E-state index contributed by atoms with van der Waals surface area (Å²) in [5.74, 6) is 0.605. The van der Waals surface area contributed by atoms with Crippen molar-refractivity contribution >= 4 is 11.6 Å². The summed E-state index contributed by atoms with van der Waals surface area (Å²) in [6, 6.07) is 7.37. The highest BCUT2D eigenvalue weighted by atomic mass is 16.5. The van der Waals surface area contributed by atoms with E-state index >= 15 is 0 Å². The van der Waals surface area contributed by atoms with E-state index in [0.717, 1.165) is 17.0 Å². The van der Waals surface area contributed by atoms with Crippen LogP contribution in [0, 0.1) is 18.3 Å². The van der Waals surface area contributed by atoms with Crippen LogP contribution in [0.5, 0.6) is 5.75 Å². The zero-order valence-corrected chi connectivity index (χ0v) is 10.4. The van der Waals surface area contributed by atoms with Gasteiger partial charge in [-0.2, -0.15) is 5.26 Å². The van der Waals surface area contributed by atoms with Crippen LogP contribution in [0.1, 0.15) is 18.9 Å². The minimum absolute atomic E-state index is 0.108. The molecule has 1 rings (SSSR count). The molecule has 4 nitrogen and oxygen atoms in total. The number of benzene rings is 1. The van der Waals surface area contributed by atoms with E-state index in [1.807, 2.05) is 38.1 Å². The molecule has 0 fully saturated rings. The topological polar surface area (TPSA) is 53.3 Å². The Hall–Kier alpha value is -2.02. The highest BCUT2D eigenvalue weighted by Gasteiger charge is 2.11. The molecule has 0 aromatic heterocycles. The summed E-state index contributed by atoms with van der Waals surface area (Å²) < 4.78 is 5.42. The van der Waals surface area contributed by atoms with Gasteiger partial charge in [0.25, 0.3) is 0 Å². The number of nitrogens with zero attached hydrogens (tertiary/aromatic N) is 2. The maximum atomic E-state index is 11.5. The highest BCUT2D eigenvalue weighted by molar-refractivity contribution is 5.94. The van der Waals surface area contributed by atoms with Crippen LogP contribution in [0.4, 0.5) is 5.69 Å². The lowest BCUT2D eigenvalue weighted by molar-refractivity contribution is -0.117. The van der Waals surface area contributed by atoms with Crippen molar-refractivity contribution in [3.8, 4) is 11.8 Å². The summed E-state index contributed by atoms with van der Waals surface area (Å²) in [4.78, 5) is 13.0. The van der Waals surface area contributed by atoms with Gasteiger partial charge in [0.15, 0.2) is 0 Å². The molecular weight excluding hydrogens is 216 g/mol. The molecule has 0 heterocycles. The standard InChI is InChI=1S/C13H16N2O2/c1-4-17-12-6-5-11(9-10(12)2)15(3)13(16)7-8-14/h5-6,9H,4,7H2,1-3H3. The first-order valence-electron chi connectivity index (χ1n) is 5.47. The minimum Gasteiger partial charge on any atom is -0.494 e. The second kappa shape index (κ2) is 5.90. The van der Waals surface area contributed by atoms with Crippen molar-refractivity contribution in [3.63, 3.8) is 0 Å². The number of hydrogen-bond acceptors (Lipinski definition) is 3. The lowest BCUT2D eigenvalue weighted by atomic mass is 10.2. The quantitative estimate of drug-likeness (QED) is 0.800. The Balaban J connectivity index is 2.90. The van der Waals surface area contributed by atoms with Crippen LogP contribution in [0.25, 0.3) is 0 Å². The van der Waals surface area contributed by atoms with Gasteiger partial charge in [-0.15, -0.1) is 0 Å². The molecule has 0 N–H and O–H groups in total. The lowest BCUT2D eigenvalue weighted by Crippen LogP contribution is -2.25. The number of rotatable bonds is 4. The van der Waals surface area contributed by atoms with E-state index in [9.17, 15) is 4.79 Å². The smallest absolute Gasteiger partial charge is 0.240 e. The highest BCUT2D eigenvalue weighted by Crippen LogP contribution is 2.24. The van der Waals surface area contributed by atoms with Gasteiger partial charge < -0.3 is 9.64 Å². The van der Waals surface area contributed by atoms with E-state index in [-0.39, 0.29) is 12.3 Å². The molecule has 0 saturated heterocycles. The number of ether oxygens (including phenoxy) is 1. The van der Waals surface area contributed by atoms with E-state index < -0.39 is 0 Å². The molecule has 0 radical (unpaired) electrons. The van der Waals surface area contributed by atoms with Crippen LogP contribution in [-0.4, -0.2) is 19.6 Å². The number of amides is 1. The zero-order valence-electron chi connectivity index (χ0n) is 10.4. The lowest BCUT2D eigenvalue weighted by Gasteiger charge is -2.17. The molecule has 0 unspecified atom stereocenters. The monoisotopic (exact) mass is 232 g/mol. The first kappa shape index (κ1) is 13.0. The summed E-state index contributed by atoms with van der Waals surface area (Å²) in [7, 11) is 1.66. The van der Waals surface area contributed by atoms with Crippen LogP contribution >= 0.6 is 0 Å². The van der Waals surface area contributed by atoms with Gasteiger partial charge in [-0.05, 0) is 37.6 Å². The molecule has 1 amide bonds. The van der Waals surface area contributed by atoms with Crippen molar-refractivity contribution in [2.45, 2.75) is 20.3 Å². The molecule has 0 bridgehead atoms. The number of hydrogen-bond donors (Lipinski definition) is 0. The molecule has 0 aliphatic rings. The average molecular weight is 232 g/mol. The molecule has 0 spiro atoms. The fourth-order valence-electron chi connectivity index (χ4n) is 1.49. The third kappa shape index (κ3) is 3.22. The number of carbonyl (C=O) groups is 1. The Kier molecular flexibility index (Phi) is 4.53. The maximum absolute atomic E-state index is 11.5. The molecule has 17 heavy (non-hydrogen) atoms.